The summed E-state index contributed by atoms with van der Waals surface area (Å²) in [5.41, 5.74) is 5.02. The average molecular weight is 271 g/mol. The Morgan fingerprint density at radius 2 is 2.56 bits per heavy atom. The number of halogens is 1. The van der Waals surface area contributed by atoms with Gasteiger partial charge in [-0.25, -0.2) is 0 Å². The molecule has 0 aliphatic heterocycles. The van der Waals surface area contributed by atoms with Crippen molar-refractivity contribution in [2.75, 3.05) is 7.05 Å². The van der Waals surface area contributed by atoms with Gasteiger partial charge in [-0.05, 0) is 32.2 Å². The van der Waals surface area contributed by atoms with Crippen LogP contribution in [0.2, 0.25) is 5.02 Å². The first-order valence-corrected chi connectivity index (χ1v) is 6.63. The van der Waals surface area contributed by atoms with Gasteiger partial charge in [0.1, 0.15) is 5.54 Å². The number of aryl methyl sites for hydroxylation is 1. The lowest BCUT2D eigenvalue weighted by atomic mass is 9.84. The summed E-state index contributed by atoms with van der Waals surface area (Å²) in [6, 6.07) is 0. The van der Waals surface area contributed by atoms with Gasteiger partial charge in [-0.15, -0.1) is 0 Å². The molecule has 2 atom stereocenters. The van der Waals surface area contributed by atoms with Crippen molar-refractivity contribution in [1.29, 1.82) is 0 Å². The molecule has 100 valence electrons. The quantitative estimate of drug-likeness (QED) is 0.844. The van der Waals surface area contributed by atoms with Gasteiger partial charge in [0.15, 0.2) is 0 Å². The van der Waals surface area contributed by atoms with E-state index < -0.39 is 5.54 Å². The standard InChI is InChI=1S/C12H19ClN4O/c1-15-12(11(14)18)5-2-3-9(12)4-6-17-8-10(13)7-16-17/h7-9,15H,2-6H2,1H3,(H2,14,18). The lowest BCUT2D eigenvalue weighted by Gasteiger charge is -2.32. The Labute approximate surface area is 112 Å². The van der Waals surface area contributed by atoms with Gasteiger partial charge in [-0.2, -0.15) is 5.10 Å². The predicted molar refractivity (Wildman–Crippen MR) is 70.2 cm³/mol. The molecule has 1 aromatic heterocycles. The van der Waals surface area contributed by atoms with Gasteiger partial charge in [0.05, 0.1) is 11.2 Å². The minimum Gasteiger partial charge on any atom is -0.368 e. The fraction of sp³-hybridized carbons (Fsp3) is 0.667. The molecule has 1 heterocycles. The molecule has 1 aliphatic rings. The van der Waals surface area contributed by atoms with Crippen LogP contribution < -0.4 is 11.1 Å². The van der Waals surface area contributed by atoms with Crippen LogP contribution in [0.1, 0.15) is 25.7 Å². The number of carbonyl (C=O) groups excluding carboxylic acids is 1. The number of primary amides is 1. The third-order valence-electron chi connectivity index (χ3n) is 4.01. The average Bonchev–Trinajstić information content (AvgIpc) is 2.92. The van der Waals surface area contributed by atoms with Crippen LogP contribution >= 0.6 is 11.6 Å². The molecule has 0 saturated heterocycles. The Balaban J connectivity index is 2.01. The summed E-state index contributed by atoms with van der Waals surface area (Å²) in [7, 11) is 1.81. The molecule has 1 aromatic rings. The van der Waals surface area contributed by atoms with Gasteiger partial charge in [0, 0.05) is 12.7 Å². The molecule has 1 amide bonds. The van der Waals surface area contributed by atoms with Crippen molar-refractivity contribution in [3.8, 4) is 0 Å². The maximum Gasteiger partial charge on any atom is 0.238 e. The zero-order valence-corrected chi connectivity index (χ0v) is 11.3. The summed E-state index contributed by atoms with van der Waals surface area (Å²) < 4.78 is 1.81. The number of hydrogen-bond acceptors (Lipinski definition) is 3. The van der Waals surface area contributed by atoms with Crippen LogP contribution in [0.15, 0.2) is 12.4 Å². The minimum absolute atomic E-state index is 0.244. The lowest BCUT2D eigenvalue weighted by Crippen LogP contribution is -2.56. The highest BCUT2D eigenvalue weighted by Crippen LogP contribution is 2.37. The van der Waals surface area contributed by atoms with Crippen molar-refractivity contribution in [2.24, 2.45) is 11.7 Å². The molecule has 0 radical (unpaired) electrons. The van der Waals surface area contributed by atoms with Crippen molar-refractivity contribution in [2.45, 2.75) is 37.8 Å². The molecule has 1 aliphatic carbocycles. The highest BCUT2D eigenvalue weighted by atomic mass is 35.5. The van der Waals surface area contributed by atoms with Crippen LogP contribution in [-0.4, -0.2) is 28.3 Å². The summed E-state index contributed by atoms with van der Waals surface area (Å²) >= 11 is 5.82. The topological polar surface area (TPSA) is 72.9 Å². The van der Waals surface area contributed by atoms with E-state index in [-0.39, 0.29) is 11.8 Å². The summed E-state index contributed by atoms with van der Waals surface area (Å²) in [5.74, 6) is 0.0222. The molecular weight excluding hydrogens is 252 g/mol. The SMILES string of the molecule is CNC1(C(N)=O)CCCC1CCn1cc(Cl)cn1. The summed E-state index contributed by atoms with van der Waals surface area (Å²) in [6.45, 7) is 0.758. The number of rotatable bonds is 5. The maximum atomic E-state index is 11.7. The lowest BCUT2D eigenvalue weighted by molar-refractivity contribution is -0.125. The van der Waals surface area contributed by atoms with Gasteiger partial charge >= 0.3 is 0 Å². The molecule has 0 spiro atoms. The summed E-state index contributed by atoms with van der Waals surface area (Å²) in [4.78, 5) is 11.7. The first-order chi connectivity index (χ1) is 8.58. The molecular formula is C12H19ClN4O. The number of nitrogens with one attached hydrogen (secondary N) is 1. The molecule has 3 N–H and O–H groups in total. The second kappa shape index (κ2) is 5.28. The van der Waals surface area contributed by atoms with Gasteiger partial charge in [-0.3, -0.25) is 9.48 Å². The van der Waals surface area contributed by atoms with Crippen LogP contribution in [-0.2, 0) is 11.3 Å². The van der Waals surface area contributed by atoms with Gasteiger partial charge in [0.25, 0.3) is 0 Å². The van der Waals surface area contributed by atoms with E-state index in [1.54, 1.807) is 12.4 Å². The van der Waals surface area contributed by atoms with Crippen molar-refractivity contribution in [1.82, 2.24) is 15.1 Å². The molecule has 5 nitrogen and oxygen atoms in total. The third-order valence-corrected chi connectivity index (χ3v) is 4.21. The van der Waals surface area contributed by atoms with E-state index >= 15 is 0 Å². The van der Waals surface area contributed by atoms with Crippen LogP contribution in [0.5, 0.6) is 0 Å². The Morgan fingerprint density at radius 3 is 3.11 bits per heavy atom. The van der Waals surface area contributed by atoms with Gasteiger partial charge in [0.2, 0.25) is 5.91 Å². The van der Waals surface area contributed by atoms with Gasteiger partial charge in [-0.1, -0.05) is 18.0 Å². The van der Waals surface area contributed by atoms with E-state index in [4.69, 9.17) is 17.3 Å². The smallest absolute Gasteiger partial charge is 0.238 e. The zero-order valence-electron chi connectivity index (χ0n) is 10.5. The van der Waals surface area contributed by atoms with E-state index in [9.17, 15) is 4.79 Å². The molecule has 1 saturated carbocycles. The van der Waals surface area contributed by atoms with E-state index in [1.165, 1.54) is 0 Å². The van der Waals surface area contributed by atoms with Crippen molar-refractivity contribution >= 4 is 17.5 Å². The first-order valence-electron chi connectivity index (χ1n) is 6.25. The maximum absolute atomic E-state index is 11.7. The van der Waals surface area contributed by atoms with Crippen molar-refractivity contribution < 1.29 is 4.79 Å². The fourth-order valence-electron chi connectivity index (χ4n) is 2.99. The largest absolute Gasteiger partial charge is 0.368 e. The van der Waals surface area contributed by atoms with Crippen LogP contribution in [0, 0.1) is 5.92 Å². The third kappa shape index (κ3) is 2.37. The summed E-state index contributed by atoms with van der Waals surface area (Å²) in [5, 5.41) is 7.92. The molecule has 18 heavy (non-hydrogen) atoms. The summed E-state index contributed by atoms with van der Waals surface area (Å²) in [6.07, 6.45) is 7.18. The van der Waals surface area contributed by atoms with E-state index in [0.29, 0.717) is 5.02 Å². The van der Waals surface area contributed by atoms with Crippen LogP contribution in [0.4, 0.5) is 0 Å². The fourth-order valence-corrected chi connectivity index (χ4v) is 3.15. The normalized spacial score (nSPS) is 27.6. The Hall–Kier alpha value is -1.07. The molecule has 2 rings (SSSR count). The van der Waals surface area contributed by atoms with Crippen LogP contribution in [0.3, 0.4) is 0 Å². The number of likely N-dealkylation sites (N-methyl/N-ethyl adjacent to an activating group) is 1. The van der Waals surface area contributed by atoms with E-state index in [0.717, 1.165) is 32.2 Å². The number of hydrogen-bond donors (Lipinski definition) is 2. The van der Waals surface area contributed by atoms with E-state index in [1.807, 2.05) is 11.7 Å². The first kappa shape index (κ1) is 13.4. The second-order valence-corrected chi connectivity index (χ2v) is 5.32. The molecule has 6 heteroatoms. The number of amides is 1. The Kier molecular flexibility index (Phi) is 3.92. The van der Waals surface area contributed by atoms with E-state index in [2.05, 4.69) is 10.4 Å². The molecule has 0 aromatic carbocycles. The van der Waals surface area contributed by atoms with Gasteiger partial charge < -0.3 is 11.1 Å². The Bertz CT molecular complexity index is 433. The highest BCUT2D eigenvalue weighted by molar-refractivity contribution is 6.30. The minimum atomic E-state index is -0.545. The van der Waals surface area contributed by atoms with Crippen LogP contribution in [0.25, 0.3) is 0 Å². The number of nitrogens with two attached hydrogens (primary N) is 1. The molecule has 2 unspecified atom stereocenters. The monoisotopic (exact) mass is 270 g/mol. The number of aromatic nitrogens is 2. The predicted octanol–water partition coefficient (Wildman–Crippen LogP) is 1.17. The number of carbonyl (C=O) groups is 1. The molecule has 1 fully saturated rings. The molecule has 0 bridgehead atoms. The second-order valence-electron chi connectivity index (χ2n) is 4.89. The Morgan fingerprint density at radius 1 is 1.78 bits per heavy atom. The van der Waals surface area contributed by atoms with Crippen molar-refractivity contribution in [3.63, 3.8) is 0 Å². The highest BCUT2D eigenvalue weighted by Gasteiger charge is 2.46. The zero-order chi connectivity index (χ0) is 13.2. The number of nitrogens with zero attached hydrogens (tertiary/aromatic N) is 2. The van der Waals surface area contributed by atoms with Crippen molar-refractivity contribution in [3.05, 3.63) is 17.4 Å².